The van der Waals surface area contributed by atoms with E-state index in [4.69, 9.17) is 0 Å². The number of carbonyl (C=O) groups is 3. The van der Waals surface area contributed by atoms with Crippen molar-refractivity contribution in [1.29, 1.82) is 0 Å². The Hall–Kier alpha value is -3.15. The van der Waals surface area contributed by atoms with Gasteiger partial charge in [-0.3, -0.25) is 19.4 Å². The Morgan fingerprint density at radius 3 is 2.26 bits per heavy atom. The van der Waals surface area contributed by atoms with E-state index >= 15 is 0 Å². The average molecular weight is 420 g/mol. The largest absolute Gasteiger partial charge is 0.341 e. The van der Waals surface area contributed by atoms with E-state index in [1.54, 1.807) is 11.8 Å². The van der Waals surface area contributed by atoms with Crippen molar-refractivity contribution in [3.8, 4) is 0 Å². The maximum atomic E-state index is 12.9. The Labute approximate surface area is 183 Å². The molecule has 0 aromatic heterocycles. The van der Waals surface area contributed by atoms with Gasteiger partial charge in [0.1, 0.15) is 12.6 Å². The molecule has 162 valence electrons. The molecule has 0 aliphatic carbocycles. The molecule has 2 aromatic rings. The summed E-state index contributed by atoms with van der Waals surface area (Å²) in [6, 6.07) is 16.9. The third kappa shape index (κ3) is 4.48. The van der Waals surface area contributed by atoms with E-state index < -0.39 is 12.1 Å². The summed E-state index contributed by atoms with van der Waals surface area (Å²) < 4.78 is 0. The highest BCUT2D eigenvalue weighted by Gasteiger charge is 2.44. The molecule has 0 radical (unpaired) electrons. The molecule has 2 fully saturated rings. The van der Waals surface area contributed by atoms with Gasteiger partial charge in [-0.25, -0.2) is 4.79 Å². The van der Waals surface area contributed by atoms with Crippen LogP contribution in [0.3, 0.4) is 0 Å². The predicted octanol–water partition coefficient (Wildman–Crippen LogP) is 3.63. The lowest BCUT2D eigenvalue weighted by molar-refractivity contribution is -0.138. The Kier molecular flexibility index (Phi) is 6.07. The van der Waals surface area contributed by atoms with Crippen LogP contribution in [0.4, 0.5) is 10.5 Å². The number of imide groups is 1. The molecular weight excluding hydrogens is 390 g/mol. The zero-order valence-electron chi connectivity index (χ0n) is 18.2. The lowest BCUT2D eigenvalue weighted by Crippen LogP contribution is -2.46. The van der Waals surface area contributed by atoms with E-state index in [0.29, 0.717) is 24.7 Å². The highest BCUT2D eigenvalue weighted by atomic mass is 16.2. The van der Waals surface area contributed by atoms with Crippen molar-refractivity contribution in [1.82, 2.24) is 9.80 Å². The van der Waals surface area contributed by atoms with Crippen LogP contribution in [0, 0.1) is 12.8 Å². The van der Waals surface area contributed by atoms with Crippen molar-refractivity contribution < 1.29 is 14.4 Å². The van der Waals surface area contributed by atoms with Gasteiger partial charge in [0.25, 0.3) is 5.91 Å². The zero-order valence-corrected chi connectivity index (χ0v) is 18.2. The van der Waals surface area contributed by atoms with Crippen molar-refractivity contribution in [3.63, 3.8) is 0 Å². The Balaban J connectivity index is 1.34. The topological polar surface area (TPSA) is 60.9 Å². The van der Waals surface area contributed by atoms with E-state index in [2.05, 4.69) is 24.3 Å². The number of nitrogens with zero attached hydrogens (tertiary/aromatic N) is 3. The summed E-state index contributed by atoms with van der Waals surface area (Å²) in [6.07, 6.45) is 2.90. The van der Waals surface area contributed by atoms with Gasteiger partial charge in [-0.1, -0.05) is 48.0 Å². The summed E-state index contributed by atoms with van der Waals surface area (Å²) in [5, 5.41) is 0. The molecule has 6 heteroatoms. The van der Waals surface area contributed by atoms with Gasteiger partial charge in [0.15, 0.2) is 0 Å². The van der Waals surface area contributed by atoms with Crippen molar-refractivity contribution in [3.05, 3.63) is 65.7 Å². The molecule has 6 nitrogen and oxygen atoms in total. The number of hydrogen-bond acceptors (Lipinski definition) is 3. The second-order valence-electron chi connectivity index (χ2n) is 8.60. The molecule has 1 unspecified atom stereocenters. The minimum atomic E-state index is -0.611. The van der Waals surface area contributed by atoms with Crippen molar-refractivity contribution in [2.75, 3.05) is 24.5 Å². The predicted molar refractivity (Wildman–Crippen MR) is 120 cm³/mol. The smallest absolute Gasteiger partial charge is 0.332 e. The van der Waals surface area contributed by atoms with E-state index in [0.717, 1.165) is 29.7 Å². The van der Waals surface area contributed by atoms with Crippen LogP contribution in [0.25, 0.3) is 0 Å². The molecule has 0 saturated carbocycles. The van der Waals surface area contributed by atoms with Crippen LogP contribution in [0.5, 0.6) is 0 Å². The van der Waals surface area contributed by atoms with Crippen LogP contribution in [0.2, 0.25) is 0 Å². The minimum absolute atomic E-state index is 0.155. The fourth-order valence-corrected chi connectivity index (χ4v) is 4.48. The quantitative estimate of drug-likeness (QED) is 0.696. The van der Waals surface area contributed by atoms with Gasteiger partial charge in [0.2, 0.25) is 5.91 Å². The minimum Gasteiger partial charge on any atom is -0.341 e. The first kappa shape index (κ1) is 21.1. The monoisotopic (exact) mass is 419 g/mol. The van der Waals surface area contributed by atoms with E-state index in [-0.39, 0.29) is 18.4 Å². The SMILES string of the molecule is Cc1ccc(N2C(=O)N(CC(=O)N3CCC(Cc4ccccc4)CC3)C(=O)C2C)cc1. The Morgan fingerprint density at radius 2 is 1.61 bits per heavy atom. The van der Waals surface area contributed by atoms with E-state index in [1.807, 2.05) is 37.3 Å². The molecule has 0 N–H and O–H groups in total. The molecule has 31 heavy (non-hydrogen) atoms. The number of aryl methyl sites for hydroxylation is 1. The van der Waals surface area contributed by atoms with Crippen molar-refractivity contribution in [2.24, 2.45) is 5.92 Å². The first-order valence-electron chi connectivity index (χ1n) is 11.0. The van der Waals surface area contributed by atoms with Crippen molar-refractivity contribution >= 4 is 23.5 Å². The second kappa shape index (κ2) is 8.92. The number of piperidine rings is 1. The summed E-state index contributed by atoms with van der Waals surface area (Å²) in [5.41, 5.74) is 3.08. The number of amides is 4. The van der Waals surface area contributed by atoms with Crippen LogP contribution in [-0.4, -0.2) is 53.3 Å². The van der Waals surface area contributed by atoms with Crippen LogP contribution in [0.15, 0.2) is 54.6 Å². The van der Waals surface area contributed by atoms with Gasteiger partial charge in [-0.05, 0) is 56.7 Å². The van der Waals surface area contributed by atoms with Gasteiger partial charge in [0.05, 0.1) is 0 Å². The first-order chi connectivity index (χ1) is 14.9. The molecule has 2 aromatic carbocycles. The average Bonchev–Trinajstić information content (AvgIpc) is 2.99. The molecule has 2 saturated heterocycles. The second-order valence-corrected chi connectivity index (χ2v) is 8.60. The first-order valence-corrected chi connectivity index (χ1v) is 11.0. The molecule has 4 rings (SSSR count). The normalized spacial score (nSPS) is 19.9. The number of likely N-dealkylation sites (tertiary alicyclic amines) is 1. The fourth-order valence-electron chi connectivity index (χ4n) is 4.48. The summed E-state index contributed by atoms with van der Waals surface area (Å²) in [6.45, 7) is 4.83. The number of hydrogen-bond donors (Lipinski definition) is 0. The highest BCUT2D eigenvalue weighted by molar-refractivity contribution is 6.15. The molecular formula is C25H29N3O3. The highest BCUT2D eigenvalue weighted by Crippen LogP contribution is 2.27. The molecule has 0 spiro atoms. The van der Waals surface area contributed by atoms with Crippen LogP contribution in [0.1, 0.15) is 30.9 Å². The fraction of sp³-hybridized carbons (Fsp3) is 0.400. The van der Waals surface area contributed by atoms with Gasteiger partial charge in [-0.15, -0.1) is 0 Å². The van der Waals surface area contributed by atoms with Crippen LogP contribution >= 0.6 is 0 Å². The summed E-state index contributed by atoms with van der Waals surface area (Å²) in [5.74, 6) is 0.0780. The van der Waals surface area contributed by atoms with Gasteiger partial charge >= 0.3 is 6.03 Å². The number of urea groups is 1. The summed E-state index contributed by atoms with van der Waals surface area (Å²) in [7, 11) is 0. The molecule has 4 amide bonds. The Morgan fingerprint density at radius 1 is 0.968 bits per heavy atom. The number of rotatable bonds is 5. The molecule has 0 bridgehead atoms. The van der Waals surface area contributed by atoms with Crippen LogP contribution in [-0.2, 0) is 16.0 Å². The van der Waals surface area contributed by atoms with E-state index in [9.17, 15) is 14.4 Å². The lowest BCUT2D eigenvalue weighted by atomic mass is 9.90. The maximum Gasteiger partial charge on any atom is 0.332 e. The van der Waals surface area contributed by atoms with Crippen molar-refractivity contribution in [2.45, 2.75) is 39.2 Å². The number of anilines is 1. The molecule has 1 atom stereocenters. The third-order valence-electron chi connectivity index (χ3n) is 6.39. The summed E-state index contributed by atoms with van der Waals surface area (Å²) >= 11 is 0. The standard InChI is InChI=1S/C25H29N3O3/c1-18-8-10-22(11-9-18)28-19(2)24(30)27(25(28)31)17-23(29)26-14-12-21(13-15-26)16-20-6-4-3-5-7-20/h3-11,19,21H,12-17H2,1-2H3. The van der Waals surface area contributed by atoms with Gasteiger partial charge < -0.3 is 4.90 Å². The van der Waals surface area contributed by atoms with Gasteiger partial charge in [0, 0.05) is 18.8 Å². The molecule has 2 heterocycles. The van der Waals surface area contributed by atoms with Crippen LogP contribution < -0.4 is 4.90 Å². The summed E-state index contributed by atoms with van der Waals surface area (Å²) in [4.78, 5) is 42.9. The molecule has 2 aliphatic rings. The lowest BCUT2D eigenvalue weighted by Gasteiger charge is -2.33. The number of benzene rings is 2. The van der Waals surface area contributed by atoms with E-state index in [1.165, 1.54) is 10.5 Å². The van der Waals surface area contributed by atoms with Gasteiger partial charge in [-0.2, -0.15) is 0 Å². The maximum absolute atomic E-state index is 12.9. The number of carbonyl (C=O) groups excluding carboxylic acids is 3. The zero-order chi connectivity index (χ0) is 22.0. The Bertz CT molecular complexity index is 950. The third-order valence-corrected chi connectivity index (χ3v) is 6.39. The molecule has 2 aliphatic heterocycles.